The molecule has 3 nitrogen and oxygen atoms in total. The van der Waals surface area contributed by atoms with E-state index in [1.807, 2.05) is 31.2 Å². The molecule has 0 spiro atoms. The lowest BCUT2D eigenvalue weighted by Crippen LogP contribution is -2.25. The number of rotatable bonds is 5. The molecular weight excluding hydrogens is 266 g/mol. The van der Waals surface area contributed by atoms with Crippen LogP contribution in [0.5, 0.6) is 0 Å². The first-order chi connectivity index (χ1) is 8.59. The lowest BCUT2D eigenvalue weighted by molar-refractivity contribution is 0.583. The highest BCUT2D eigenvalue weighted by Gasteiger charge is 2.13. The van der Waals surface area contributed by atoms with Crippen LogP contribution in [0.1, 0.15) is 11.1 Å². The molecule has 0 aliphatic rings. The van der Waals surface area contributed by atoms with Gasteiger partial charge in [-0.15, -0.1) is 11.3 Å². The number of sulfonamides is 1. The fourth-order valence-electron chi connectivity index (χ4n) is 1.70. The molecule has 0 saturated heterocycles. The van der Waals surface area contributed by atoms with E-state index >= 15 is 0 Å². The van der Waals surface area contributed by atoms with Crippen LogP contribution >= 0.6 is 11.3 Å². The number of hydrogen-bond donors (Lipinski definition) is 1. The Labute approximate surface area is 112 Å². The molecule has 2 rings (SSSR count). The Bertz CT molecular complexity index is 604. The SMILES string of the molecule is Cc1ccccc1CCNS(=O)(=O)c1cccs1. The minimum absolute atomic E-state index is 0.368. The molecule has 0 radical (unpaired) electrons. The van der Waals surface area contributed by atoms with Gasteiger partial charge in [-0.05, 0) is 35.9 Å². The van der Waals surface area contributed by atoms with Crippen LogP contribution < -0.4 is 4.72 Å². The van der Waals surface area contributed by atoms with E-state index in [1.54, 1.807) is 17.5 Å². The van der Waals surface area contributed by atoms with Gasteiger partial charge in [0, 0.05) is 6.54 Å². The van der Waals surface area contributed by atoms with Gasteiger partial charge in [0.1, 0.15) is 4.21 Å². The van der Waals surface area contributed by atoms with Gasteiger partial charge in [0.05, 0.1) is 0 Å². The molecule has 0 aliphatic carbocycles. The van der Waals surface area contributed by atoms with Crippen molar-refractivity contribution in [3.8, 4) is 0 Å². The summed E-state index contributed by atoms with van der Waals surface area (Å²) in [7, 11) is -3.33. The quantitative estimate of drug-likeness (QED) is 0.915. The second kappa shape index (κ2) is 5.65. The van der Waals surface area contributed by atoms with Crippen LogP contribution in [0.3, 0.4) is 0 Å². The summed E-state index contributed by atoms with van der Waals surface area (Å²) in [6.45, 7) is 2.45. The molecule has 1 aromatic carbocycles. The number of benzene rings is 1. The van der Waals surface area contributed by atoms with Crippen LogP contribution in [0, 0.1) is 6.92 Å². The number of aryl methyl sites for hydroxylation is 1. The maximum Gasteiger partial charge on any atom is 0.250 e. The predicted octanol–water partition coefficient (Wildman–Crippen LogP) is 2.58. The van der Waals surface area contributed by atoms with Crippen molar-refractivity contribution in [3.05, 3.63) is 52.9 Å². The Morgan fingerprint density at radius 3 is 2.61 bits per heavy atom. The van der Waals surface area contributed by atoms with E-state index in [1.165, 1.54) is 22.5 Å². The fourth-order valence-corrected chi connectivity index (χ4v) is 3.77. The molecule has 0 fully saturated rings. The first-order valence-corrected chi connectivity index (χ1v) is 8.03. The van der Waals surface area contributed by atoms with Crippen LogP contribution in [-0.4, -0.2) is 15.0 Å². The third-order valence-electron chi connectivity index (χ3n) is 2.71. The summed E-state index contributed by atoms with van der Waals surface area (Å²) in [5.74, 6) is 0. The van der Waals surface area contributed by atoms with Crippen LogP contribution in [0.4, 0.5) is 0 Å². The normalized spacial score (nSPS) is 11.6. The van der Waals surface area contributed by atoms with Gasteiger partial charge < -0.3 is 0 Å². The number of nitrogens with one attached hydrogen (secondary N) is 1. The average Bonchev–Trinajstić information content (AvgIpc) is 2.86. The maximum atomic E-state index is 11.9. The van der Waals surface area contributed by atoms with Gasteiger partial charge in [-0.3, -0.25) is 0 Å². The highest BCUT2D eigenvalue weighted by Crippen LogP contribution is 2.15. The van der Waals surface area contributed by atoms with Gasteiger partial charge in [-0.2, -0.15) is 0 Å². The van der Waals surface area contributed by atoms with Gasteiger partial charge in [-0.1, -0.05) is 30.3 Å². The van der Waals surface area contributed by atoms with E-state index in [2.05, 4.69) is 4.72 Å². The molecule has 1 N–H and O–H groups in total. The molecule has 0 amide bonds. The van der Waals surface area contributed by atoms with E-state index in [9.17, 15) is 8.42 Å². The molecule has 0 aliphatic heterocycles. The minimum Gasteiger partial charge on any atom is -0.210 e. The van der Waals surface area contributed by atoms with Crippen molar-refractivity contribution >= 4 is 21.4 Å². The Hall–Kier alpha value is -1.17. The van der Waals surface area contributed by atoms with Crippen LogP contribution in [0.25, 0.3) is 0 Å². The van der Waals surface area contributed by atoms with Crippen molar-refractivity contribution in [1.82, 2.24) is 4.72 Å². The summed E-state index contributed by atoms with van der Waals surface area (Å²) in [6, 6.07) is 11.4. The summed E-state index contributed by atoms with van der Waals surface area (Å²) in [4.78, 5) is 0. The lowest BCUT2D eigenvalue weighted by Gasteiger charge is -2.07. The van der Waals surface area contributed by atoms with Crippen LogP contribution in [-0.2, 0) is 16.4 Å². The third kappa shape index (κ3) is 3.19. The fraction of sp³-hybridized carbons (Fsp3) is 0.231. The summed E-state index contributed by atoms with van der Waals surface area (Å²) in [5.41, 5.74) is 2.36. The highest BCUT2D eigenvalue weighted by molar-refractivity contribution is 7.91. The summed E-state index contributed by atoms with van der Waals surface area (Å²) < 4.78 is 26.7. The Morgan fingerprint density at radius 2 is 1.94 bits per heavy atom. The monoisotopic (exact) mass is 281 g/mol. The molecule has 5 heteroatoms. The topological polar surface area (TPSA) is 46.2 Å². The van der Waals surface area contributed by atoms with E-state index < -0.39 is 10.0 Å². The van der Waals surface area contributed by atoms with Crippen molar-refractivity contribution < 1.29 is 8.42 Å². The number of thiophene rings is 1. The van der Waals surface area contributed by atoms with Gasteiger partial charge in [0.2, 0.25) is 10.0 Å². The lowest BCUT2D eigenvalue weighted by atomic mass is 10.1. The van der Waals surface area contributed by atoms with Crippen molar-refractivity contribution in [2.75, 3.05) is 6.54 Å². The van der Waals surface area contributed by atoms with Gasteiger partial charge in [0.25, 0.3) is 0 Å². The second-order valence-corrected chi connectivity index (χ2v) is 6.95. The number of hydrogen-bond acceptors (Lipinski definition) is 3. The summed E-state index contributed by atoms with van der Waals surface area (Å²) in [6.07, 6.45) is 0.706. The predicted molar refractivity (Wildman–Crippen MR) is 74.4 cm³/mol. The highest BCUT2D eigenvalue weighted by atomic mass is 32.2. The van der Waals surface area contributed by atoms with Crippen molar-refractivity contribution in [2.45, 2.75) is 17.6 Å². The molecular formula is C13H15NO2S2. The van der Waals surface area contributed by atoms with E-state index in [4.69, 9.17) is 0 Å². The summed E-state index contributed by atoms with van der Waals surface area (Å²) >= 11 is 1.23. The van der Waals surface area contributed by atoms with Gasteiger partial charge in [0.15, 0.2) is 0 Å². The first kappa shape index (κ1) is 13.3. The third-order valence-corrected chi connectivity index (χ3v) is 5.57. The van der Waals surface area contributed by atoms with Gasteiger partial charge >= 0.3 is 0 Å². The molecule has 18 heavy (non-hydrogen) atoms. The molecule has 96 valence electrons. The molecule has 0 unspecified atom stereocenters. The van der Waals surface area contributed by atoms with E-state index in [0.29, 0.717) is 17.2 Å². The van der Waals surface area contributed by atoms with Crippen molar-refractivity contribution in [1.29, 1.82) is 0 Å². The van der Waals surface area contributed by atoms with Crippen molar-refractivity contribution in [2.24, 2.45) is 0 Å². The van der Waals surface area contributed by atoms with Crippen molar-refractivity contribution in [3.63, 3.8) is 0 Å². The molecule has 1 aromatic heterocycles. The molecule has 0 saturated carbocycles. The van der Waals surface area contributed by atoms with Crippen LogP contribution in [0.2, 0.25) is 0 Å². The second-order valence-electron chi connectivity index (χ2n) is 4.01. The zero-order chi connectivity index (χ0) is 13.0. The largest absolute Gasteiger partial charge is 0.250 e. The Morgan fingerprint density at radius 1 is 1.17 bits per heavy atom. The Balaban J connectivity index is 1.96. The standard InChI is InChI=1S/C13H15NO2S2/c1-11-5-2-3-6-12(11)8-9-14-18(15,16)13-7-4-10-17-13/h2-7,10,14H,8-9H2,1H3. The van der Waals surface area contributed by atoms with E-state index in [-0.39, 0.29) is 0 Å². The smallest absolute Gasteiger partial charge is 0.210 e. The summed E-state index contributed by atoms with van der Waals surface area (Å²) in [5, 5.41) is 1.76. The van der Waals surface area contributed by atoms with E-state index in [0.717, 1.165) is 0 Å². The minimum atomic E-state index is -3.33. The molecule has 1 heterocycles. The Kier molecular flexibility index (Phi) is 4.16. The van der Waals surface area contributed by atoms with Gasteiger partial charge in [-0.25, -0.2) is 13.1 Å². The zero-order valence-electron chi connectivity index (χ0n) is 10.1. The zero-order valence-corrected chi connectivity index (χ0v) is 11.7. The molecule has 2 aromatic rings. The molecule has 0 bridgehead atoms. The van der Waals surface area contributed by atoms with Crippen LogP contribution in [0.15, 0.2) is 46.0 Å². The first-order valence-electron chi connectivity index (χ1n) is 5.67. The maximum absolute atomic E-state index is 11.9. The average molecular weight is 281 g/mol. The molecule has 0 atom stereocenters.